The summed E-state index contributed by atoms with van der Waals surface area (Å²) < 4.78 is 16.5. The van der Waals surface area contributed by atoms with Crippen LogP contribution in [0.1, 0.15) is 69.7 Å². The zero-order chi connectivity index (χ0) is 20.4. The maximum atomic E-state index is 12.3. The lowest BCUT2D eigenvalue weighted by atomic mass is 9.86. The molecule has 1 amide bonds. The molecule has 2 rings (SSSR count). The molecule has 0 radical (unpaired) electrons. The summed E-state index contributed by atoms with van der Waals surface area (Å²) >= 11 is 0. The molecule has 2 atom stereocenters. The fraction of sp³-hybridized carbons (Fsp3) is 0.636. The van der Waals surface area contributed by atoms with E-state index in [0.29, 0.717) is 36.2 Å². The molecule has 6 heteroatoms. The van der Waals surface area contributed by atoms with Gasteiger partial charge in [0.1, 0.15) is 0 Å². The highest BCUT2D eigenvalue weighted by Crippen LogP contribution is 2.29. The topological polar surface area (TPSA) is 73.9 Å². The summed E-state index contributed by atoms with van der Waals surface area (Å²) in [5, 5.41) is 2.98. The number of nitrogens with one attached hydrogen (secondary N) is 1. The number of benzene rings is 1. The Morgan fingerprint density at radius 3 is 2.61 bits per heavy atom. The molecule has 1 aliphatic rings. The summed E-state index contributed by atoms with van der Waals surface area (Å²) in [6.45, 7) is 6.90. The number of unbranched alkanes of at least 4 members (excludes halogenated alkanes) is 1. The van der Waals surface area contributed by atoms with Crippen LogP contribution >= 0.6 is 0 Å². The molecule has 1 aromatic rings. The normalized spacial score (nSPS) is 19.0. The van der Waals surface area contributed by atoms with Crippen LogP contribution in [0.4, 0.5) is 0 Å². The zero-order valence-electron chi connectivity index (χ0n) is 17.3. The first kappa shape index (κ1) is 22.1. The molecule has 1 fully saturated rings. The third-order valence-corrected chi connectivity index (χ3v) is 5.03. The monoisotopic (exact) mass is 391 g/mol. The van der Waals surface area contributed by atoms with E-state index >= 15 is 0 Å². The molecule has 0 aromatic heterocycles. The van der Waals surface area contributed by atoms with Crippen LogP contribution in [0.5, 0.6) is 11.5 Å². The lowest BCUT2D eigenvalue weighted by Gasteiger charge is -2.29. The van der Waals surface area contributed by atoms with E-state index in [1.807, 2.05) is 6.92 Å². The molecule has 1 aromatic carbocycles. The minimum atomic E-state index is -0.548. The Hall–Kier alpha value is -2.24. The molecule has 1 saturated carbocycles. The van der Waals surface area contributed by atoms with Crippen molar-refractivity contribution in [2.24, 2.45) is 5.92 Å². The first-order valence-corrected chi connectivity index (χ1v) is 10.4. The lowest BCUT2D eigenvalue weighted by Crippen LogP contribution is -2.42. The molecular formula is C22H33NO5. The minimum Gasteiger partial charge on any atom is -0.490 e. The Labute approximate surface area is 167 Å². The third kappa shape index (κ3) is 6.73. The van der Waals surface area contributed by atoms with E-state index in [2.05, 4.69) is 19.2 Å². The van der Waals surface area contributed by atoms with Crippen molar-refractivity contribution in [3.05, 3.63) is 23.8 Å². The Balaban J connectivity index is 1.89. The van der Waals surface area contributed by atoms with Crippen LogP contribution in [-0.2, 0) is 9.53 Å². The van der Waals surface area contributed by atoms with Crippen molar-refractivity contribution in [3.63, 3.8) is 0 Å². The van der Waals surface area contributed by atoms with Crippen molar-refractivity contribution in [2.45, 2.75) is 65.3 Å². The van der Waals surface area contributed by atoms with Crippen LogP contribution in [0, 0.1) is 5.92 Å². The minimum absolute atomic E-state index is 0.170. The van der Waals surface area contributed by atoms with E-state index in [1.165, 1.54) is 6.42 Å². The number of carbonyl (C=O) groups is 2. The molecule has 0 heterocycles. The summed E-state index contributed by atoms with van der Waals surface area (Å²) in [5.41, 5.74) is 0.338. The number of rotatable bonds is 10. The predicted octanol–water partition coefficient (Wildman–Crippen LogP) is 4.12. The van der Waals surface area contributed by atoms with Crippen LogP contribution in [0.2, 0.25) is 0 Å². The van der Waals surface area contributed by atoms with Gasteiger partial charge in [0.15, 0.2) is 18.1 Å². The number of carbonyl (C=O) groups excluding carboxylic acids is 2. The second-order valence-corrected chi connectivity index (χ2v) is 7.31. The average molecular weight is 392 g/mol. The van der Waals surface area contributed by atoms with Crippen molar-refractivity contribution in [1.82, 2.24) is 5.32 Å². The summed E-state index contributed by atoms with van der Waals surface area (Å²) in [4.78, 5) is 24.5. The van der Waals surface area contributed by atoms with Gasteiger partial charge in [-0.25, -0.2) is 4.79 Å². The van der Waals surface area contributed by atoms with Crippen molar-refractivity contribution in [1.29, 1.82) is 0 Å². The van der Waals surface area contributed by atoms with E-state index in [9.17, 15) is 9.59 Å². The maximum Gasteiger partial charge on any atom is 0.338 e. The number of esters is 1. The van der Waals surface area contributed by atoms with Crippen LogP contribution < -0.4 is 14.8 Å². The molecule has 0 spiro atoms. The molecule has 156 valence electrons. The first-order chi connectivity index (χ1) is 13.5. The van der Waals surface area contributed by atoms with Gasteiger partial charge in [-0.3, -0.25) is 4.79 Å². The quantitative estimate of drug-likeness (QED) is 0.480. The van der Waals surface area contributed by atoms with Gasteiger partial charge in [0.2, 0.25) is 0 Å². The second kappa shape index (κ2) is 11.6. The highest BCUT2D eigenvalue weighted by Gasteiger charge is 2.23. The maximum absolute atomic E-state index is 12.3. The molecule has 1 aliphatic carbocycles. The van der Waals surface area contributed by atoms with Gasteiger partial charge in [-0.15, -0.1) is 0 Å². The zero-order valence-corrected chi connectivity index (χ0v) is 17.3. The molecule has 0 aliphatic heterocycles. The summed E-state index contributed by atoms with van der Waals surface area (Å²) in [5.74, 6) is 0.774. The molecule has 6 nitrogen and oxygen atoms in total. The first-order valence-electron chi connectivity index (χ1n) is 10.4. The number of ether oxygens (including phenoxy) is 3. The molecule has 0 unspecified atom stereocenters. The fourth-order valence-corrected chi connectivity index (χ4v) is 3.34. The number of hydrogen-bond donors (Lipinski definition) is 1. The number of hydrogen-bond acceptors (Lipinski definition) is 5. The third-order valence-electron chi connectivity index (χ3n) is 5.03. The average Bonchev–Trinajstić information content (AvgIpc) is 2.69. The Kier molecular flexibility index (Phi) is 9.11. The van der Waals surface area contributed by atoms with E-state index < -0.39 is 5.97 Å². The Morgan fingerprint density at radius 1 is 1.11 bits per heavy atom. The van der Waals surface area contributed by atoms with E-state index in [0.717, 1.165) is 32.1 Å². The van der Waals surface area contributed by atoms with Gasteiger partial charge >= 0.3 is 5.97 Å². The number of amides is 1. The second-order valence-electron chi connectivity index (χ2n) is 7.31. The Morgan fingerprint density at radius 2 is 1.89 bits per heavy atom. The fourth-order valence-electron chi connectivity index (χ4n) is 3.34. The van der Waals surface area contributed by atoms with Crippen LogP contribution in [0.3, 0.4) is 0 Å². The van der Waals surface area contributed by atoms with Gasteiger partial charge in [-0.05, 0) is 50.3 Å². The molecule has 28 heavy (non-hydrogen) atoms. The molecule has 1 N–H and O–H groups in total. The van der Waals surface area contributed by atoms with Gasteiger partial charge in [0, 0.05) is 6.04 Å². The van der Waals surface area contributed by atoms with Crippen LogP contribution in [0.25, 0.3) is 0 Å². The summed E-state index contributed by atoms with van der Waals surface area (Å²) in [7, 11) is 0. The SMILES string of the molecule is CCCCOc1ccc(C(=O)OCC(=O)N[C@@H]2CCCC[C@@H]2C)cc1OCC. The summed E-state index contributed by atoms with van der Waals surface area (Å²) in [6, 6.07) is 5.12. The predicted molar refractivity (Wildman–Crippen MR) is 108 cm³/mol. The van der Waals surface area contributed by atoms with Gasteiger partial charge in [0.25, 0.3) is 5.91 Å². The van der Waals surface area contributed by atoms with Gasteiger partial charge in [0.05, 0.1) is 18.8 Å². The van der Waals surface area contributed by atoms with Crippen molar-refractivity contribution >= 4 is 11.9 Å². The largest absolute Gasteiger partial charge is 0.490 e. The van der Waals surface area contributed by atoms with Crippen molar-refractivity contribution in [3.8, 4) is 11.5 Å². The highest BCUT2D eigenvalue weighted by molar-refractivity contribution is 5.92. The van der Waals surface area contributed by atoms with Crippen molar-refractivity contribution in [2.75, 3.05) is 19.8 Å². The smallest absolute Gasteiger partial charge is 0.338 e. The standard InChI is InChI=1S/C22H33NO5/c1-4-6-13-27-19-12-11-17(14-20(19)26-5-2)22(25)28-15-21(24)23-18-10-8-7-9-16(18)3/h11-12,14,16,18H,4-10,13,15H2,1-3H3,(H,23,24)/t16-,18+/m0/s1. The molecule has 0 bridgehead atoms. The molecular weight excluding hydrogens is 358 g/mol. The van der Waals surface area contributed by atoms with Gasteiger partial charge < -0.3 is 19.5 Å². The lowest BCUT2D eigenvalue weighted by molar-refractivity contribution is -0.125. The van der Waals surface area contributed by atoms with Gasteiger partial charge in [-0.1, -0.05) is 33.1 Å². The van der Waals surface area contributed by atoms with E-state index in [-0.39, 0.29) is 18.6 Å². The Bertz CT molecular complexity index is 646. The van der Waals surface area contributed by atoms with Crippen molar-refractivity contribution < 1.29 is 23.8 Å². The van der Waals surface area contributed by atoms with Crippen LogP contribution in [0.15, 0.2) is 18.2 Å². The van der Waals surface area contributed by atoms with Crippen LogP contribution in [-0.4, -0.2) is 37.7 Å². The summed E-state index contributed by atoms with van der Waals surface area (Å²) in [6.07, 6.45) is 6.43. The van der Waals surface area contributed by atoms with E-state index in [4.69, 9.17) is 14.2 Å². The van der Waals surface area contributed by atoms with Gasteiger partial charge in [-0.2, -0.15) is 0 Å². The molecule has 0 saturated heterocycles. The highest BCUT2D eigenvalue weighted by atomic mass is 16.5. The van der Waals surface area contributed by atoms with E-state index in [1.54, 1.807) is 18.2 Å².